The van der Waals surface area contributed by atoms with E-state index in [0.717, 1.165) is 0 Å². The van der Waals surface area contributed by atoms with E-state index in [9.17, 15) is 4.21 Å². The third-order valence-electron chi connectivity index (χ3n) is 0.312. The van der Waals surface area contributed by atoms with Gasteiger partial charge in [-0.25, -0.2) is 8.51 Å². The molecule has 0 aromatic heterocycles. The smallest absolute Gasteiger partial charge is 0.233 e. The van der Waals surface area contributed by atoms with E-state index >= 15 is 0 Å². The maximum atomic E-state index is 9.74. The molecule has 0 saturated carbocycles. The van der Waals surface area contributed by atoms with Crippen LogP contribution in [0.4, 0.5) is 0 Å². The lowest BCUT2D eigenvalue weighted by molar-refractivity contribution is 0.491. The summed E-state index contributed by atoms with van der Waals surface area (Å²) in [4.78, 5) is 0. The molecule has 0 aromatic rings. The molecule has 0 bridgehead atoms. The lowest BCUT2D eigenvalue weighted by Gasteiger charge is -1.97. The molecule has 1 N–H and O–H groups in total. The van der Waals surface area contributed by atoms with E-state index in [4.69, 9.17) is 4.55 Å². The zero-order valence-corrected chi connectivity index (χ0v) is 4.53. The van der Waals surface area contributed by atoms with E-state index in [2.05, 4.69) is 0 Å². The average molecular weight is 109 g/mol. The Kier molecular flexibility index (Phi) is 2.31. The summed E-state index contributed by atoms with van der Waals surface area (Å²) in [6, 6.07) is 0. The molecule has 4 heteroatoms. The largest absolute Gasteiger partial charge is 0.294 e. The predicted molar refractivity (Wildman–Crippen MR) is 24.5 cm³/mol. The van der Waals surface area contributed by atoms with Crippen molar-refractivity contribution in [2.45, 2.75) is 0 Å². The first-order valence-corrected chi connectivity index (χ1v) is 2.49. The second-order valence-electron chi connectivity index (χ2n) is 1.04. The Morgan fingerprint density at radius 3 is 1.83 bits per heavy atom. The first-order chi connectivity index (χ1) is 2.64. The summed E-state index contributed by atoms with van der Waals surface area (Å²) in [6.07, 6.45) is 0. The van der Waals surface area contributed by atoms with Crippen molar-refractivity contribution in [1.82, 2.24) is 4.31 Å². The van der Waals surface area contributed by atoms with Gasteiger partial charge >= 0.3 is 0 Å². The monoisotopic (exact) mass is 109 g/mol. The molecule has 0 aliphatic carbocycles. The van der Waals surface area contributed by atoms with Crippen LogP contribution in [0.5, 0.6) is 0 Å². The van der Waals surface area contributed by atoms with E-state index in [1.807, 2.05) is 0 Å². The average Bonchev–Trinajstić information content (AvgIpc) is 1.36. The van der Waals surface area contributed by atoms with Crippen molar-refractivity contribution in [2.24, 2.45) is 0 Å². The van der Waals surface area contributed by atoms with Crippen LogP contribution in [0.15, 0.2) is 0 Å². The topological polar surface area (TPSA) is 40.5 Å². The summed E-state index contributed by atoms with van der Waals surface area (Å²) >= 11 is -1.78. The van der Waals surface area contributed by atoms with Gasteiger partial charge in [0.1, 0.15) is 0 Å². The van der Waals surface area contributed by atoms with Crippen LogP contribution in [0.1, 0.15) is 0 Å². The van der Waals surface area contributed by atoms with Gasteiger partial charge in [-0.15, -0.1) is 0 Å². The molecule has 0 spiro atoms. The molecule has 3 nitrogen and oxygen atoms in total. The number of hydrogen-bond donors (Lipinski definition) is 1. The highest BCUT2D eigenvalue weighted by molar-refractivity contribution is 7.76. The van der Waals surface area contributed by atoms with Gasteiger partial charge in [0.25, 0.3) is 0 Å². The fraction of sp³-hybridized carbons (Fsp3) is 1.00. The van der Waals surface area contributed by atoms with Crippen LogP contribution in [0.2, 0.25) is 0 Å². The van der Waals surface area contributed by atoms with Crippen LogP contribution < -0.4 is 0 Å². The molecule has 0 aliphatic rings. The maximum absolute atomic E-state index is 9.74. The third-order valence-corrected chi connectivity index (χ3v) is 0.937. The van der Waals surface area contributed by atoms with Gasteiger partial charge in [0.2, 0.25) is 11.3 Å². The summed E-state index contributed by atoms with van der Waals surface area (Å²) in [7, 11) is 3.05. The van der Waals surface area contributed by atoms with Crippen molar-refractivity contribution in [3.63, 3.8) is 0 Å². The van der Waals surface area contributed by atoms with E-state index in [1.54, 1.807) is 0 Å². The molecule has 0 amide bonds. The van der Waals surface area contributed by atoms with Crippen molar-refractivity contribution < 1.29 is 8.76 Å². The lowest BCUT2D eigenvalue weighted by atomic mass is 11.3. The van der Waals surface area contributed by atoms with Gasteiger partial charge in [0.05, 0.1) is 0 Å². The van der Waals surface area contributed by atoms with E-state index in [0.29, 0.717) is 0 Å². The molecule has 0 heterocycles. The molecule has 0 aliphatic heterocycles. The number of hydrogen-bond acceptors (Lipinski definition) is 1. The van der Waals surface area contributed by atoms with Gasteiger partial charge < -0.3 is 0 Å². The molecule has 6 heavy (non-hydrogen) atoms. The molecule has 1 atom stereocenters. The number of nitrogens with zero attached hydrogens (tertiary/aromatic N) is 1. The summed E-state index contributed by atoms with van der Waals surface area (Å²) in [5, 5.41) is 0. The van der Waals surface area contributed by atoms with E-state index in [1.165, 1.54) is 18.4 Å². The van der Waals surface area contributed by atoms with Crippen LogP contribution in [0, 0.1) is 0 Å². The molecule has 0 saturated heterocycles. The fourth-order valence-corrected chi connectivity index (χ4v) is 0. The van der Waals surface area contributed by atoms with E-state index in [-0.39, 0.29) is 0 Å². The molecule has 0 radical (unpaired) electrons. The normalized spacial score (nSPS) is 15.3. The highest BCUT2D eigenvalue weighted by Gasteiger charge is 1.89. The Morgan fingerprint density at radius 1 is 1.67 bits per heavy atom. The summed E-state index contributed by atoms with van der Waals surface area (Å²) in [5.74, 6) is 0. The van der Waals surface area contributed by atoms with Gasteiger partial charge in [0.15, 0.2) is 0 Å². The van der Waals surface area contributed by atoms with Gasteiger partial charge in [0, 0.05) is 14.1 Å². The molecular weight excluding hydrogens is 102 g/mol. The second-order valence-corrected chi connectivity index (χ2v) is 2.23. The Morgan fingerprint density at radius 2 is 1.83 bits per heavy atom. The molecule has 38 valence electrons. The van der Waals surface area contributed by atoms with E-state index < -0.39 is 11.3 Å². The van der Waals surface area contributed by atoms with Gasteiger partial charge in [-0.2, -0.15) is 0 Å². The second kappa shape index (κ2) is 2.28. The highest BCUT2D eigenvalue weighted by Crippen LogP contribution is 1.73. The quantitative estimate of drug-likeness (QED) is 0.469. The van der Waals surface area contributed by atoms with Crippen molar-refractivity contribution in [3.05, 3.63) is 0 Å². The summed E-state index contributed by atoms with van der Waals surface area (Å²) < 4.78 is 19.0. The van der Waals surface area contributed by atoms with Crippen LogP contribution in [0.3, 0.4) is 0 Å². The fourth-order valence-electron chi connectivity index (χ4n) is 0. The van der Waals surface area contributed by atoms with Crippen molar-refractivity contribution >= 4 is 11.3 Å². The van der Waals surface area contributed by atoms with Crippen LogP contribution in [-0.2, 0) is 11.3 Å². The first kappa shape index (κ1) is 6.07. The zero-order chi connectivity index (χ0) is 5.15. The maximum Gasteiger partial charge on any atom is 0.233 e. The van der Waals surface area contributed by atoms with Crippen LogP contribution in [-0.4, -0.2) is 27.2 Å². The molecule has 1 unspecified atom stereocenters. The standard InChI is InChI=1S/C2H7NO2S/c1-3(2)6(4)5/h1-2H3,(H,4,5). The van der Waals surface area contributed by atoms with Crippen LogP contribution in [0.25, 0.3) is 0 Å². The van der Waals surface area contributed by atoms with Crippen molar-refractivity contribution in [2.75, 3.05) is 14.1 Å². The van der Waals surface area contributed by atoms with Gasteiger partial charge in [-0.3, -0.25) is 4.55 Å². The highest BCUT2D eigenvalue weighted by atomic mass is 32.2. The SMILES string of the molecule is CN(C)S(=O)O. The minimum atomic E-state index is -1.78. The minimum absolute atomic E-state index is 1.19. The molecule has 0 fully saturated rings. The number of rotatable bonds is 1. The Hall–Kier alpha value is 0.0700. The molecular formula is C2H7NO2S. The Bertz CT molecular complexity index is 62.6. The Labute approximate surface area is 39.4 Å². The zero-order valence-electron chi connectivity index (χ0n) is 3.71. The minimum Gasteiger partial charge on any atom is -0.294 e. The van der Waals surface area contributed by atoms with Crippen molar-refractivity contribution in [1.29, 1.82) is 0 Å². The third kappa shape index (κ3) is 2.32. The first-order valence-electron chi connectivity index (χ1n) is 1.43. The van der Waals surface area contributed by atoms with Crippen LogP contribution >= 0.6 is 0 Å². The summed E-state index contributed by atoms with van der Waals surface area (Å²) in [5.41, 5.74) is 0. The van der Waals surface area contributed by atoms with Gasteiger partial charge in [-0.1, -0.05) is 0 Å². The Balaban J connectivity index is 3.26. The molecule has 0 rings (SSSR count). The predicted octanol–water partition coefficient (Wildman–Crippen LogP) is -0.315. The lowest BCUT2D eigenvalue weighted by Crippen LogP contribution is -2.13. The summed E-state index contributed by atoms with van der Waals surface area (Å²) in [6.45, 7) is 0. The van der Waals surface area contributed by atoms with Gasteiger partial charge in [-0.05, 0) is 0 Å². The van der Waals surface area contributed by atoms with Crippen molar-refractivity contribution in [3.8, 4) is 0 Å². The molecule has 0 aromatic carbocycles.